The van der Waals surface area contributed by atoms with Gasteiger partial charge in [-0.25, -0.2) is 5.84 Å². The van der Waals surface area contributed by atoms with Gasteiger partial charge in [0.2, 0.25) is 0 Å². The monoisotopic (exact) mass is 202 g/mol. The summed E-state index contributed by atoms with van der Waals surface area (Å²) in [5.41, 5.74) is 1.99. The lowest BCUT2D eigenvalue weighted by atomic mass is 10.4. The summed E-state index contributed by atoms with van der Waals surface area (Å²) < 4.78 is 0.697. The first kappa shape index (κ1) is 9.25. The van der Waals surface area contributed by atoms with Crippen LogP contribution in [0.4, 0.5) is 0 Å². The van der Waals surface area contributed by atoms with Crippen molar-refractivity contribution >= 4 is 34.9 Å². The zero-order valence-electron chi connectivity index (χ0n) is 6.08. The highest BCUT2D eigenvalue weighted by Crippen LogP contribution is 2.22. The van der Waals surface area contributed by atoms with Gasteiger partial charge in [0.15, 0.2) is 0 Å². The molecule has 3 N–H and O–H groups in total. The Balaban J connectivity index is 2.63. The van der Waals surface area contributed by atoms with E-state index in [-0.39, 0.29) is 5.91 Å². The Morgan fingerprint density at radius 3 is 2.92 bits per heavy atom. The first-order valence-corrected chi connectivity index (χ1v) is 4.36. The van der Waals surface area contributed by atoms with Crippen LogP contribution in [0.25, 0.3) is 6.08 Å². The third kappa shape index (κ3) is 2.65. The van der Waals surface area contributed by atoms with Crippen LogP contribution in [0, 0.1) is 0 Å². The third-order valence-corrected chi connectivity index (χ3v) is 2.33. The molecule has 0 saturated heterocycles. The highest BCUT2D eigenvalue weighted by Gasteiger charge is 1.94. The molecule has 3 nitrogen and oxygen atoms in total. The van der Waals surface area contributed by atoms with Crippen molar-refractivity contribution in [3.05, 3.63) is 27.4 Å². The molecule has 0 spiro atoms. The number of thiophene rings is 1. The molecule has 1 amide bonds. The molecule has 0 aliphatic carbocycles. The van der Waals surface area contributed by atoms with Gasteiger partial charge in [0.1, 0.15) is 0 Å². The van der Waals surface area contributed by atoms with Gasteiger partial charge in [-0.2, -0.15) is 0 Å². The maximum Gasteiger partial charge on any atom is 0.257 e. The van der Waals surface area contributed by atoms with E-state index < -0.39 is 0 Å². The smallest absolute Gasteiger partial charge is 0.257 e. The quantitative estimate of drug-likeness (QED) is 0.330. The second kappa shape index (κ2) is 4.25. The molecular formula is C7H7ClN2OS. The zero-order chi connectivity index (χ0) is 8.97. The van der Waals surface area contributed by atoms with E-state index in [1.807, 2.05) is 11.5 Å². The summed E-state index contributed by atoms with van der Waals surface area (Å²) in [7, 11) is 0. The molecule has 12 heavy (non-hydrogen) atoms. The minimum Gasteiger partial charge on any atom is -0.291 e. The molecule has 0 unspecified atom stereocenters. The summed E-state index contributed by atoms with van der Waals surface area (Å²) in [4.78, 5) is 11.6. The van der Waals surface area contributed by atoms with Crippen molar-refractivity contribution in [2.75, 3.05) is 0 Å². The molecular weight excluding hydrogens is 196 g/mol. The fourth-order valence-corrected chi connectivity index (χ4v) is 1.59. The van der Waals surface area contributed by atoms with Crippen molar-refractivity contribution in [1.29, 1.82) is 0 Å². The molecule has 5 heteroatoms. The van der Waals surface area contributed by atoms with Gasteiger partial charge >= 0.3 is 0 Å². The summed E-state index contributed by atoms with van der Waals surface area (Å²) in [5.74, 6) is 4.53. The molecule has 0 aromatic carbocycles. The van der Waals surface area contributed by atoms with Gasteiger partial charge in [0.25, 0.3) is 5.91 Å². The molecule has 1 heterocycles. The van der Waals surface area contributed by atoms with Crippen LogP contribution in [0.1, 0.15) is 4.88 Å². The van der Waals surface area contributed by atoms with Crippen molar-refractivity contribution < 1.29 is 4.79 Å². The van der Waals surface area contributed by atoms with Gasteiger partial charge < -0.3 is 0 Å². The third-order valence-electron chi connectivity index (χ3n) is 1.14. The Morgan fingerprint density at radius 1 is 1.67 bits per heavy atom. The predicted molar refractivity (Wildman–Crippen MR) is 50.7 cm³/mol. The summed E-state index contributed by atoms with van der Waals surface area (Å²) >= 11 is 7.07. The minimum atomic E-state index is -0.334. The SMILES string of the molecule is NNC(=O)/C=C/c1ccc(Cl)s1. The number of amides is 1. The molecule has 0 radical (unpaired) electrons. The maximum atomic E-state index is 10.6. The summed E-state index contributed by atoms with van der Waals surface area (Å²) in [6.45, 7) is 0. The van der Waals surface area contributed by atoms with Crippen molar-refractivity contribution in [1.82, 2.24) is 5.43 Å². The fraction of sp³-hybridized carbons (Fsp3) is 0. The van der Waals surface area contributed by atoms with Crippen LogP contribution in [0.3, 0.4) is 0 Å². The van der Waals surface area contributed by atoms with E-state index in [4.69, 9.17) is 17.4 Å². The number of carbonyl (C=O) groups excluding carboxylic acids is 1. The second-order valence-electron chi connectivity index (χ2n) is 1.98. The van der Waals surface area contributed by atoms with Crippen molar-refractivity contribution in [2.45, 2.75) is 0 Å². The summed E-state index contributed by atoms with van der Waals surface area (Å²) in [5, 5.41) is 0. The molecule has 0 fully saturated rings. The van der Waals surface area contributed by atoms with E-state index in [1.165, 1.54) is 17.4 Å². The van der Waals surface area contributed by atoms with Gasteiger partial charge in [-0.05, 0) is 18.2 Å². The van der Waals surface area contributed by atoms with Crippen LogP contribution < -0.4 is 11.3 Å². The van der Waals surface area contributed by atoms with Crippen LogP contribution in [-0.4, -0.2) is 5.91 Å². The van der Waals surface area contributed by atoms with Crippen molar-refractivity contribution in [2.24, 2.45) is 5.84 Å². The second-order valence-corrected chi connectivity index (χ2v) is 3.73. The van der Waals surface area contributed by atoms with E-state index in [1.54, 1.807) is 12.1 Å². The molecule has 1 aromatic rings. The fourth-order valence-electron chi connectivity index (χ4n) is 0.624. The number of halogens is 1. The number of nitrogens with two attached hydrogens (primary N) is 1. The van der Waals surface area contributed by atoms with Crippen LogP contribution >= 0.6 is 22.9 Å². The van der Waals surface area contributed by atoms with E-state index >= 15 is 0 Å². The van der Waals surface area contributed by atoms with Crippen LogP contribution in [0.2, 0.25) is 4.34 Å². The van der Waals surface area contributed by atoms with Gasteiger partial charge in [0.05, 0.1) is 4.34 Å². The number of hydrazine groups is 1. The molecule has 0 aliphatic heterocycles. The molecule has 64 valence electrons. The molecule has 0 atom stereocenters. The first-order valence-electron chi connectivity index (χ1n) is 3.16. The molecule has 1 rings (SSSR count). The maximum absolute atomic E-state index is 10.6. The van der Waals surface area contributed by atoms with Crippen LogP contribution in [-0.2, 0) is 4.79 Å². The lowest BCUT2D eigenvalue weighted by Crippen LogP contribution is -2.27. The average molecular weight is 203 g/mol. The Kier molecular flexibility index (Phi) is 3.28. The molecule has 0 aliphatic rings. The lowest BCUT2D eigenvalue weighted by Gasteiger charge is -1.87. The number of hydrogen-bond donors (Lipinski definition) is 2. The Hall–Kier alpha value is -0.840. The summed E-state index contributed by atoms with van der Waals surface area (Å²) in [6, 6.07) is 3.60. The standard InChI is InChI=1S/C7H7ClN2OS/c8-6-3-1-5(12-6)2-4-7(11)10-9/h1-4H,9H2,(H,10,11)/b4-2+. The Labute approximate surface area is 78.8 Å². The molecule has 1 aromatic heterocycles. The largest absolute Gasteiger partial charge is 0.291 e. The summed E-state index contributed by atoms with van der Waals surface area (Å²) in [6.07, 6.45) is 3.00. The molecule has 0 saturated carbocycles. The van der Waals surface area contributed by atoms with E-state index in [2.05, 4.69) is 0 Å². The topological polar surface area (TPSA) is 55.1 Å². The van der Waals surface area contributed by atoms with Crippen LogP contribution in [0.5, 0.6) is 0 Å². The van der Waals surface area contributed by atoms with E-state index in [0.717, 1.165) is 4.88 Å². The molecule has 0 bridgehead atoms. The average Bonchev–Trinajstić information content (AvgIpc) is 2.47. The van der Waals surface area contributed by atoms with Gasteiger partial charge in [-0.3, -0.25) is 10.2 Å². The number of nitrogens with one attached hydrogen (secondary N) is 1. The minimum absolute atomic E-state index is 0.334. The first-order chi connectivity index (χ1) is 5.72. The number of rotatable bonds is 2. The van der Waals surface area contributed by atoms with E-state index in [9.17, 15) is 4.79 Å². The number of carbonyl (C=O) groups is 1. The Bertz CT molecular complexity index is 308. The van der Waals surface area contributed by atoms with Crippen molar-refractivity contribution in [3.63, 3.8) is 0 Å². The van der Waals surface area contributed by atoms with Gasteiger partial charge in [-0.1, -0.05) is 11.6 Å². The van der Waals surface area contributed by atoms with Gasteiger partial charge in [-0.15, -0.1) is 11.3 Å². The highest BCUT2D eigenvalue weighted by molar-refractivity contribution is 7.17. The highest BCUT2D eigenvalue weighted by atomic mass is 35.5. The van der Waals surface area contributed by atoms with Crippen molar-refractivity contribution in [3.8, 4) is 0 Å². The number of hydrogen-bond acceptors (Lipinski definition) is 3. The van der Waals surface area contributed by atoms with E-state index in [0.29, 0.717) is 4.34 Å². The zero-order valence-corrected chi connectivity index (χ0v) is 7.65. The predicted octanol–water partition coefficient (Wildman–Crippen LogP) is 1.40. The van der Waals surface area contributed by atoms with Gasteiger partial charge in [0, 0.05) is 11.0 Å². The normalized spacial score (nSPS) is 10.5. The van der Waals surface area contributed by atoms with Crippen LogP contribution in [0.15, 0.2) is 18.2 Å². The Morgan fingerprint density at radius 2 is 2.42 bits per heavy atom. The lowest BCUT2D eigenvalue weighted by molar-refractivity contribution is -0.116.